The van der Waals surface area contributed by atoms with E-state index in [0.29, 0.717) is 29.9 Å². The largest absolute Gasteiger partial charge is 0.373 e. The van der Waals surface area contributed by atoms with Gasteiger partial charge in [0, 0.05) is 23.6 Å². The number of rotatable bonds is 5. The first-order valence-electron chi connectivity index (χ1n) is 9.37. The van der Waals surface area contributed by atoms with Crippen molar-refractivity contribution in [3.63, 3.8) is 0 Å². The van der Waals surface area contributed by atoms with Crippen LogP contribution in [0.5, 0.6) is 0 Å². The Bertz CT molecular complexity index is 1050. The van der Waals surface area contributed by atoms with Gasteiger partial charge in [-0.25, -0.2) is 4.39 Å². The first kappa shape index (κ1) is 19.1. The Labute approximate surface area is 167 Å². The Morgan fingerprint density at radius 2 is 1.97 bits per heavy atom. The van der Waals surface area contributed by atoms with Crippen LogP contribution in [-0.4, -0.2) is 54.0 Å². The number of aryl methyl sites for hydroxylation is 1. The molecule has 1 aromatic heterocycles. The number of benzene rings is 2. The molecule has 6 nitrogen and oxygen atoms in total. The third-order valence-electron chi connectivity index (χ3n) is 5.43. The van der Waals surface area contributed by atoms with Crippen molar-refractivity contribution in [1.82, 2.24) is 15.2 Å². The number of hydrogen-bond acceptors (Lipinski definition) is 3. The van der Waals surface area contributed by atoms with Crippen LogP contribution in [0.4, 0.5) is 4.39 Å². The molecule has 0 saturated carbocycles. The SMILES string of the molecule is COC1(CNC(=O)c2cc3ccccc3[nH]2)CN(C(=O)c2ccc(F)c(C)c2)C1. The van der Waals surface area contributed by atoms with Crippen LogP contribution in [0.25, 0.3) is 10.9 Å². The van der Waals surface area contributed by atoms with Gasteiger partial charge in [-0.15, -0.1) is 0 Å². The lowest BCUT2D eigenvalue weighted by Crippen LogP contribution is -2.68. The molecule has 2 N–H and O–H groups in total. The standard InChI is InChI=1S/C22H22FN3O3/c1-14-9-16(7-8-17(14)23)21(28)26-12-22(13-26,29-2)11-24-20(27)19-10-15-5-3-4-6-18(15)25-19/h3-10,25H,11-13H2,1-2H3,(H,24,27). The lowest BCUT2D eigenvalue weighted by Gasteiger charge is -2.49. The maximum absolute atomic E-state index is 13.4. The number of aromatic nitrogens is 1. The zero-order valence-electron chi connectivity index (χ0n) is 16.3. The quantitative estimate of drug-likeness (QED) is 0.698. The highest BCUT2D eigenvalue weighted by Gasteiger charge is 2.46. The van der Waals surface area contributed by atoms with Gasteiger partial charge < -0.3 is 19.9 Å². The van der Waals surface area contributed by atoms with Crippen LogP contribution in [-0.2, 0) is 4.74 Å². The van der Waals surface area contributed by atoms with Gasteiger partial charge >= 0.3 is 0 Å². The molecule has 1 aliphatic heterocycles. The predicted octanol–water partition coefficient (Wildman–Crippen LogP) is 2.89. The van der Waals surface area contributed by atoms with E-state index >= 15 is 0 Å². The van der Waals surface area contributed by atoms with Crippen LogP contribution in [0.2, 0.25) is 0 Å². The third kappa shape index (κ3) is 3.61. The Hall–Kier alpha value is -3.19. The molecule has 0 atom stereocenters. The Morgan fingerprint density at radius 1 is 1.21 bits per heavy atom. The van der Waals surface area contributed by atoms with Crippen LogP contribution in [0.1, 0.15) is 26.4 Å². The number of nitrogens with zero attached hydrogens (tertiary/aromatic N) is 1. The summed E-state index contributed by atoms with van der Waals surface area (Å²) in [5, 5.41) is 3.85. The molecular formula is C22H22FN3O3. The highest BCUT2D eigenvalue weighted by molar-refractivity contribution is 5.98. The molecule has 0 bridgehead atoms. The minimum atomic E-state index is -0.633. The van der Waals surface area contributed by atoms with Crippen molar-refractivity contribution in [2.75, 3.05) is 26.7 Å². The molecule has 29 heavy (non-hydrogen) atoms. The van der Waals surface area contributed by atoms with E-state index in [9.17, 15) is 14.0 Å². The Balaban J connectivity index is 1.37. The molecule has 2 heterocycles. The number of carbonyl (C=O) groups is 2. The molecule has 0 spiro atoms. The van der Waals surface area contributed by atoms with Gasteiger partial charge in [0.15, 0.2) is 0 Å². The second kappa shape index (κ2) is 7.33. The van der Waals surface area contributed by atoms with Crippen molar-refractivity contribution in [2.24, 2.45) is 0 Å². The molecule has 3 aromatic rings. The van der Waals surface area contributed by atoms with E-state index in [4.69, 9.17) is 4.74 Å². The van der Waals surface area contributed by atoms with Gasteiger partial charge in [-0.05, 0) is 42.8 Å². The molecule has 0 radical (unpaired) electrons. The van der Waals surface area contributed by atoms with Gasteiger partial charge in [-0.1, -0.05) is 18.2 Å². The second-order valence-corrected chi connectivity index (χ2v) is 7.47. The number of nitrogens with one attached hydrogen (secondary N) is 2. The van der Waals surface area contributed by atoms with E-state index in [1.165, 1.54) is 12.1 Å². The average molecular weight is 395 g/mol. The summed E-state index contributed by atoms with van der Waals surface area (Å²) in [6.07, 6.45) is 0. The normalized spacial score (nSPS) is 15.2. The van der Waals surface area contributed by atoms with Gasteiger partial charge in [0.05, 0.1) is 19.6 Å². The molecule has 1 saturated heterocycles. The second-order valence-electron chi connectivity index (χ2n) is 7.47. The van der Waals surface area contributed by atoms with Crippen LogP contribution >= 0.6 is 0 Å². The van der Waals surface area contributed by atoms with Crippen molar-refractivity contribution < 1.29 is 18.7 Å². The number of halogens is 1. The van der Waals surface area contributed by atoms with Crippen LogP contribution in [0.15, 0.2) is 48.5 Å². The molecule has 1 aliphatic rings. The summed E-state index contributed by atoms with van der Waals surface area (Å²) in [6, 6.07) is 13.8. The van der Waals surface area contributed by atoms with Crippen molar-refractivity contribution in [1.29, 1.82) is 0 Å². The van der Waals surface area contributed by atoms with Gasteiger partial charge in [0.1, 0.15) is 17.1 Å². The smallest absolute Gasteiger partial charge is 0.267 e. The summed E-state index contributed by atoms with van der Waals surface area (Å²) in [5.41, 5.74) is 1.61. The van der Waals surface area contributed by atoms with E-state index in [2.05, 4.69) is 10.3 Å². The van der Waals surface area contributed by atoms with Crippen molar-refractivity contribution >= 4 is 22.7 Å². The molecule has 4 rings (SSSR count). The first-order valence-corrected chi connectivity index (χ1v) is 9.37. The minimum Gasteiger partial charge on any atom is -0.373 e. The van der Waals surface area contributed by atoms with Gasteiger partial charge in [-0.2, -0.15) is 0 Å². The van der Waals surface area contributed by atoms with E-state index in [1.807, 2.05) is 24.3 Å². The van der Waals surface area contributed by atoms with Gasteiger partial charge in [-0.3, -0.25) is 9.59 Å². The molecular weight excluding hydrogens is 373 g/mol. The molecule has 2 amide bonds. The molecule has 0 aliphatic carbocycles. The third-order valence-corrected chi connectivity index (χ3v) is 5.43. The summed E-state index contributed by atoms with van der Waals surface area (Å²) < 4.78 is 19.0. The highest BCUT2D eigenvalue weighted by atomic mass is 19.1. The lowest BCUT2D eigenvalue weighted by molar-refractivity contribution is -0.104. The Morgan fingerprint density at radius 3 is 2.66 bits per heavy atom. The number of methoxy groups -OCH3 is 1. The van der Waals surface area contributed by atoms with Crippen molar-refractivity contribution in [3.05, 3.63) is 71.2 Å². The summed E-state index contributed by atoms with van der Waals surface area (Å²) >= 11 is 0. The topological polar surface area (TPSA) is 74.4 Å². The van der Waals surface area contributed by atoms with E-state index in [1.54, 1.807) is 31.1 Å². The van der Waals surface area contributed by atoms with Gasteiger partial charge in [0.25, 0.3) is 11.8 Å². The minimum absolute atomic E-state index is 0.178. The number of amides is 2. The summed E-state index contributed by atoms with van der Waals surface area (Å²) in [5.74, 6) is -0.740. The average Bonchev–Trinajstić information content (AvgIpc) is 3.13. The highest BCUT2D eigenvalue weighted by Crippen LogP contribution is 2.26. The molecule has 2 aromatic carbocycles. The number of carbonyl (C=O) groups excluding carboxylic acids is 2. The zero-order chi connectivity index (χ0) is 20.6. The van der Waals surface area contributed by atoms with Gasteiger partial charge in [0.2, 0.25) is 0 Å². The maximum atomic E-state index is 13.4. The number of likely N-dealkylation sites (tertiary alicyclic amines) is 1. The predicted molar refractivity (Wildman–Crippen MR) is 107 cm³/mol. The Kier molecular flexibility index (Phi) is 4.84. The van der Waals surface area contributed by atoms with Crippen LogP contribution in [0, 0.1) is 12.7 Å². The summed E-state index contributed by atoms with van der Waals surface area (Å²) in [7, 11) is 1.57. The number of fused-ring (bicyclic) bond motifs is 1. The maximum Gasteiger partial charge on any atom is 0.267 e. The number of ether oxygens (including phenoxy) is 1. The zero-order valence-corrected chi connectivity index (χ0v) is 16.3. The monoisotopic (exact) mass is 395 g/mol. The van der Waals surface area contributed by atoms with E-state index in [0.717, 1.165) is 10.9 Å². The fraction of sp³-hybridized carbons (Fsp3) is 0.273. The molecule has 1 fully saturated rings. The summed E-state index contributed by atoms with van der Waals surface area (Å²) in [4.78, 5) is 29.8. The number of para-hydroxylation sites is 1. The molecule has 150 valence electrons. The van der Waals surface area contributed by atoms with Crippen molar-refractivity contribution in [2.45, 2.75) is 12.5 Å². The number of H-pyrrole nitrogens is 1. The lowest BCUT2D eigenvalue weighted by atomic mass is 9.92. The number of hydrogen-bond donors (Lipinski definition) is 2. The fourth-order valence-corrected chi connectivity index (χ4v) is 3.60. The van der Waals surface area contributed by atoms with Crippen LogP contribution in [0.3, 0.4) is 0 Å². The summed E-state index contributed by atoms with van der Waals surface area (Å²) in [6.45, 7) is 2.61. The van der Waals surface area contributed by atoms with E-state index in [-0.39, 0.29) is 24.2 Å². The number of aromatic amines is 1. The fourth-order valence-electron chi connectivity index (χ4n) is 3.60. The van der Waals surface area contributed by atoms with Crippen molar-refractivity contribution in [3.8, 4) is 0 Å². The van der Waals surface area contributed by atoms with Crippen LogP contribution < -0.4 is 5.32 Å². The van der Waals surface area contributed by atoms with E-state index < -0.39 is 5.60 Å². The molecule has 7 heteroatoms. The molecule has 0 unspecified atom stereocenters. The first-order chi connectivity index (χ1) is 13.9.